The number of thiophene rings is 1. The summed E-state index contributed by atoms with van der Waals surface area (Å²) in [5, 5.41) is 0.603. The summed E-state index contributed by atoms with van der Waals surface area (Å²) in [6, 6.07) is 6.26. The van der Waals surface area contributed by atoms with Crippen LogP contribution < -0.4 is 9.30 Å². The number of hydrogen-bond donors (Lipinski definition) is 0. The monoisotopic (exact) mass is 374 g/mol. The Hall–Kier alpha value is -2.08. The highest BCUT2D eigenvalue weighted by atomic mass is 32.1. The Labute approximate surface area is 155 Å². The van der Waals surface area contributed by atoms with Gasteiger partial charge in [-0.05, 0) is 49.8 Å². The second-order valence-corrected chi connectivity index (χ2v) is 8.26. The predicted octanol–water partition coefficient (Wildman–Crippen LogP) is 3.43. The molecule has 26 heavy (non-hydrogen) atoms. The van der Waals surface area contributed by atoms with Crippen molar-refractivity contribution < 1.29 is 23.3 Å². The number of carbonyl (C=O) groups excluding carboxylic acids is 2. The van der Waals surface area contributed by atoms with Crippen LogP contribution in [0.3, 0.4) is 0 Å². The summed E-state index contributed by atoms with van der Waals surface area (Å²) in [7, 11) is 0. The van der Waals surface area contributed by atoms with Crippen molar-refractivity contribution in [2.24, 2.45) is 11.8 Å². The van der Waals surface area contributed by atoms with Gasteiger partial charge < -0.3 is 4.74 Å². The van der Waals surface area contributed by atoms with Gasteiger partial charge in [0.1, 0.15) is 0 Å². The summed E-state index contributed by atoms with van der Waals surface area (Å²) in [5.74, 6) is -0.416. The second kappa shape index (κ2) is 6.91. The molecular formula is C20H21FNO3S+. The van der Waals surface area contributed by atoms with Crippen molar-refractivity contribution in [1.82, 2.24) is 0 Å². The minimum atomic E-state index is -0.464. The van der Waals surface area contributed by atoms with Gasteiger partial charge in [-0.1, -0.05) is 0 Å². The Kier molecular flexibility index (Phi) is 4.61. The van der Waals surface area contributed by atoms with Crippen LogP contribution in [0.4, 0.5) is 4.39 Å². The molecule has 0 N–H and O–H groups in total. The third-order valence-electron chi connectivity index (χ3n) is 5.20. The van der Waals surface area contributed by atoms with E-state index in [4.69, 9.17) is 4.74 Å². The zero-order chi connectivity index (χ0) is 18.3. The largest absolute Gasteiger partial charge is 0.416 e. The maximum atomic E-state index is 14.4. The molecule has 6 heteroatoms. The maximum absolute atomic E-state index is 14.4. The molecule has 0 aliphatic heterocycles. The minimum Gasteiger partial charge on any atom is -0.416 e. The smallest absolute Gasteiger partial charge is 0.360 e. The first-order valence-electron chi connectivity index (χ1n) is 9.02. The molecule has 2 heterocycles. The van der Waals surface area contributed by atoms with Crippen molar-refractivity contribution in [2.45, 2.75) is 45.1 Å². The number of nitrogens with zero attached hydrogens (tertiary/aromatic N) is 1. The van der Waals surface area contributed by atoms with Gasteiger partial charge in [-0.25, -0.2) is 0 Å². The van der Waals surface area contributed by atoms with Gasteiger partial charge in [0.05, 0.1) is 0 Å². The minimum absolute atomic E-state index is 0.0530. The standard InChI is InChI=1S/C20H21FNO3S/c1-12(23)25-18-11-15-10-14(7-8-16(15)26-18)19(20(24)13-5-6-13)22-9-3-2-4-17(22)21/h2-4,9,11,13-14,19H,5-8,10H2,1H3/q+1. The number of fused-ring (bicyclic) bond motifs is 1. The average molecular weight is 374 g/mol. The number of pyridine rings is 1. The molecule has 2 aliphatic rings. The fourth-order valence-corrected chi connectivity index (χ4v) is 4.95. The number of hydrogen-bond acceptors (Lipinski definition) is 4. The van der Waals surface area contributed by atoms with E-state index in [1.165, 1.54) is 33.8 Å². The summed E-state index contributed by atoms with van der Waals surface area (Å²) in [6.07, 6.45) is 5.87. The summed E-state index contributed by atoms with van der Waals surface area (Å²) >= 11 is 1.49. The van der Waals surface area contributed by atoms with Gasteiger partial charge in [0.15, 0.2) is 11.3 Å². The van der Waals surface area contributed by atoms with Crippen LogP contribution in [-0.4, -0.2) is 11.8 Å². The Morgan fingerprint density at radius 1 is 1.31 bits per heavy atom. The fraction of sp³-hybridized carbons (Fsp3) is 0.450. The second-order valence-electron chi connectivity index (χ2n) is 7.16. The van der Waals surface area contributed by atoms with Gasteiger partial charge in [0.25, 0.3) is 0 Å². The number of ketones is 1. The van der Waals surface area contributed by atoms with Gasteiger partial charge in [-0.15, -0.1) is 15.7 Å². The highest BCUT2D eigenvalue weighted by Gasteiger charge is 2.46. The lowest BCUT2D eigenvalue weighted by atomic mass is 9.80. The summed E-state index contributed by atoms with van der Waals surface area (Å²) in [6.45, 7) is 1.39. The zero-order valence-electron chi connectivity index (χ0n) is 14.6. The van der Waals surface area contributed by atoms with E-state index >= 15 is 0 Å². The Bertz CT molecular complexity index is 858. The fourth-order valence-electron chi connectivity index (χ4n) is 3.85. The number of ether oxygens (including phenoxy) is 1. The lowest BCUT2D eigenvalue weighted by Crippen LogP contribution is -2.52. The third kappa shape index (κ3) is 3.43. The van der Waals surface area contributed by atoms with E-state index in [9.17, 15) is 14.0 Å². The quantitative estimate of drug-likeness (QED) is 0.458. The van der Waals surface area contributed by atoms with Gasteiger partial charge in [0, 0.05) is 35.8 Å². The van der Waals surface area contributed by atoms with E-state index in [1.807, 2.05) is 6.07 Å². The topological polar surface area (TPSA) is 47.3 Å². The van der Waals surface area contributed by atoms with Gasteiger partial charge in [0.2, 0.25) is 11.8 Å². The van der Waals surface area contributed by atoms with Crippen LogP contribution in [0.5, 0.6) is 5.06 Å². The molecule has 2 aromatic rings. The molecule has 2 atom stereocenters. The van der Waals surface area contributed by atoms with Gasteiger partial charge >= 0.3 is 11.9 Å². The van der Waals surface area contributed by atoms with E-state index in [1.54, 1.807) is 18.3 Å². The van der Waals surface area contributed by atoms with Crippen LogP contribution in [0, 0.1) is 17.8 Å². The van der Waals surface area contributed by atoms with Crippen molar-refractivity contribution in [1.29, 1.82) is 0 Å². The van der Waals surface area contributed by atoms with Crippen LogP contribution in [0.15, 0.2) is 30.5 Å². The number of aryl methyl sites for hydroxylation is 1. The molecule has 1 fully saturated rings. The molecule has 2 aromatic heterocycles. The van der Waals surface area contributed by atoms with Gasteiger partial charge in [-0.2, -0.15) is 4.57 Å². The molecule has 0 amide bonds. The van der Waals surface area contributed by atoms with E-state index < -0.39 is 6.04 Å². The van der Waals surface area contributed by atoms with Gasteiger partial charge in [-0.3, -0.25) is 9.59 Å². The molecule has 4 rings (SSSR count). The van der Waals surface area contributed by atoms with Crippen LogP contribution >= 0.6 is 11.3 Å². The molecule has 1 saturated carbocycles. The number of Topliss-reactive ketones (excluding diaryl/α,β-unsaturated/α-hetero) is 1. The number of carbonyl (C=O) groups is 2. The van der Waals surface area contributed by atoms with Crippen LogP contribution in [0.2, 0.25) is 0 Å². The molecule has 0 aromatic carbocycles. The average Bonchev–Trinajstić information content (AvgIpc) is 3.37. The number of rotatable bonds is 5. The zero-order valence-corrected chi connectivity index (χ0v) is 15.4. The SMILES string of the molecule is CC(=O)Oc1cc2c(s1)CCC(C(C(=O)C1CC1)[n+]1ccccc1F)C2. The molecule has 0 saturated heterocycles. The van der Waals surface area contributed by atoms with Crippen molar-refractivity contribution in [2.75, 3.05) is 0 Å². The van der Waals surface area contributed by atoms with Crippen LogP contribution in [-0.2, 0) is 22.4 Å². The van der Waals surface area contributed by atoms with E-state index in [2.05, 4.69) is 0 Å². The highest BCUT2D eigenvalue weighted by molar-refractivity contribution is 7.14. The Balaban J connectivity index is 1.63. The molecule has 2 aliphatic carbocycles. The van der Waals surface area contributed by atoms with Crippen molar-refractivity contribution in [3.63, 3.8) is 0 Å². The molecular weight excluding hydrogens is 353 g/mol. The summed E-state index contributed by atoms with van der Waals surface area (Å²) in [4.78, 5) is 25.4. The molecule has 0 radical (unpaired) electrons. The molecule has 2 unspecified atom stereocenters. The first-order valence-corrected chi connectivity index (χ1v) is 9.84. The molecule has 0 spiro atoms. The van der Waals surface area contributed by atoms with Crippen molar-refractivity contribution >= 4 is 23.1 Å². The first kappa shape index (κ1) is 17.3. The lowest BCUT2D eigenvalue weighted by Gasteiger charge is -2.26. The lowest BCUT2D eigenvalue weighted by molar-refractivity contribution is -0.742. The molecule has 0 bridgehead atoms. The van der Waals surface area contributed by atoms with E-state index in [0.29, 0.717) is 11.5 Å². The van der Waals surface area contributed by atoms with Crippen LogP contribution in [0.25, 0.3) is 0 Å². The Morgan fingerprint density at radius 3 is 2.81 bits per heavy atom. The maximum Gasteiger partial charge on any atom is 0.360 e. The Morgan fingerprint density at radius 2 is 2.12 bits per heavy atom. The third-order valence-corrected chi connectivity index (χ3v) is 6.31. The molecule has 136 valence electrons. The number of halogens is 1. The van der Waals surface area contributed by atoms with E-state index in [-0.39, 0.29) is 29.5 Å². The summed E-state index contributed by atoms with van der Waals surface area (Å²) in [5.41, 5.74) is 1.12. The normalized spacial score (nSPS) is 20.3. The number of aromatic nitrogens is 1. The molecule has 4 nitrogen and oxygen atoms in total. The van der Waals surface area contributed by atoms with Crippen molar-refractivity contribution in [3.05, 3.63) is 46.9 Å². The van der Waals surface area contributed by atoms with Crippen LogP contribution in [0.1, 0.15) is 42.7 Å². The van der Waals surface area contributed by atoms with E-state index in [0.717, 1.165) is 31.2 Å². The van der Waals surface area contributed by atoms with Crippen molar-refractivity contribution in [3.8, 4) is 5.06 Å². The predicted molar refractivity (Wildman–Crippen MR) is 94.5 cm³/mol. The first-order chi connectivity index (χ1) is 12.5. The highest BCUT2D eigenvalue weighted by Crippen LogP contribution is 2.41. The summed E-state index contributed by atoms with van der Waals surface area (Å²) < 4.78 is 21.2. The number of esters is 1.